The summed E-state index contributed by atoms with van der Waals surface area (Å²) in [6, 6.07) is 0. The fraction of sp³-hybridized carbons (Fsp3) is 0.800. The van der Waals surface area contributed by atoms with Gasteiger partial charge in [0.2, 0.25) is 0 Å². The van der Waals surface area contributed by atoms with Crippen LogP contribution in [-0.4, -0.2) is 9.53 Å². The topological polar surface area (TPSA) is 9.23 Å². The molecule has 0 heterocycles. The van der Waals surface area contributed by atoms with E-state index in [2.05, 4.69) is 67.5 Å². The van der Waals surface area contributed by atoms with E-state index in [1.54, 1.807) is 0 Å². The highest BCUT2D eigenvalue weighted by Gasteiger charge is 2.40. The third kappa shape index (κ3) is 4.81. The minimum atomic E-state index is -2.18. The highest BCUT2D eigenvalue weighted by Crippen LogP contribution is 2.60. The van der Waals surface area contributed by atoms with Crippen LogP contribution >= 0.6 is 51.8 Å². The average molecular weight is 408 g/mol. The zero-order valence-corrected chi connectivity index (χ0v) is 15.2. The first-order chi connectivity index (χ1) is 7.12. The van der Waals surface area contributed by atoms with Gasteiger partial charge in [0.05, 0.1) is 6.10 Å². The summed E-state index contributed by atoms with van der Waals surface area (Å²) in [4.78, 5) is 0. The molecule has 1 nitrogen and oxygen atoms in total. The minimum absolute atomic E-state index is 0.138. The number of thiol groups is 2. The molecule has 1 aliphatic rings. The van der Waals surface area contributed by atoms with E-state index >= 15 is 0 Å². The molecule has 1 aliphatic carbocycles. The lowest BCUT2D eigenvalue weighted by Gasteiger charge is -2.41. The predicted molar refractivity (Wildman–Crippen MR) is 91.7 cm³/mol. The maximum atomic E-state index is 5.88. The Morgan fingerprint density at radius 1 is 1.62 bits per heavy atom. The number of alkyl halides is 1. The molecule has 0 aromatic carbocycles. The van der Waals surface area contributed by atoms with Gasteiger partial charge in [0.1, 0.15) is 0 Å². The fourth-order valence-electron chi connectivity index (χ4n) is 2.01. The molecule has 16 heavy (non-hydrogen) atoms. The van der Waals surface area contributed by atoms with Crippen LogP contribution in [0, 0.1) is 5.92 Å². The van der Waals surface area contributed by atoms with Gasteiger partial charge in [-0.15, -0.1) is 24.5 Å². The van der Waals surface area contributed by atoms with Crippen molar-refractivity contribution in [1.29, 1.82) is 0 Å². The first-order valence-electron chi connectivity index (χ1n) is 5.20. The maximum Gasteiger partial charge on any atom is 0.168 e. The second kappa shape index (κ2) is 5.83. The Morgan fingerprint density at radius 3 is 2.62 bits per heavy atom. The van der Waals surface area contributed by atoms with Crippen molar-refractivity contribution in [2.75, 3.05) is 0 Å². The van der Waals surface area contributed by atoms with Crippen LogP contribution in [0.1, 0.15) is 33.1 Å². The van der Waals surface area contributed by atoms with Crippen LogP contribution in [0.2, 0.25) is 0 Å². The van der Waals surface area contributed by atoms with Crippen molar-refractivity contribution in [3.63, 3.8) is 0 Å². The third-order valence-corrected chi connectivity index (χ3v) is 5.70. The second-order valence-corrected chi connectivity index (χ2v) is 15.8. The average Bonchev–Trinajstić information content (AvgIpc) is 2.05. The van der Waals surface area contributed by atoms with Crippen molar-refractivity contribution in [3.05, 3.63) is 12.2 Å². The van der Waals surface area contributed by atoms with Gasteiger partial charge >= 0.3 is 0 Å². The number of rotatable bonds is 3. The van der Waals surface area contributed by atoms with Gasteiger partial charge in [0.15, 0.2) is 4.67 Å². The summed E-state index contributed by atoms with van der Waals surface area (Å²) in [6.07, 6.45) is 3.46. The molecule has 0 bridgehead atoms. The lowest BCUT2D eigenvalue weighted by Crippen LogP contribution is -2.40. The summed E-state index contributed by atoms with van der Waals surface area (Å²) >= 11 is 16.2. The van der Waals surface area contributed by atoms with Gasteiger partial charge < -0.3 is 4.52 Å². The van der Waals surface area contributed by atoms with Crippen LogP contribution in [0.3, 0.4) is 0 Å². The smallest absolute Gasteiger partial charge is 0.168 e. The lowest BCUT2D eigenvalue weighted by molar-refractivity contribution is 0.128. The molecule has 0 radical (unpaired) electrons. The summed E-state index contributed by atoms with van der Waals surface area (Å²) < 4.78 is 3.84. The highest BCUT2D eigenvalue weighted by molar-refractivity contribution is 14.1. The van der Waals surface area contributed by atoms with E-state index in [-0.39, 0.29) is 9.53 Å². The first-order valence-corrected chi connectivity index (χ1v) is 11.3. The van der Waals surface area contributed by atoms with Crippen LogP contribution in [0.4, 0.5) is 0 Å². The zero-order valence-electron chi connectivity index (χ0n) is 9.52. The Hall–Kier alpha value is 1.78. The van der Waals surface area contributed by atoms with Crippen LogP contribution in [0.15, 0.2) is 12.2 Å². The summed E-state index contributed by atoms with van der Waals surface area (Å²) in [6.45, 7) is 8.36. The van der Waals surface area contributed by atoms with E-state index in [9.17, 15) is 0 Å². The molecule has 0 saturated heterocycles. The molecule has 0 N–H and O–H groups in total. The Morgan fingerprint density at radius 2 is 2.19 bits per heavy atom. The van der Waals surface area contributed by atoms with Gasteiger partial charge in [-0.05, 0) is 50.8 Å². The molecular weight excluding hydrogens is 390 g/mol. The number of halogens is 1. The molecule has 0 aromatic heterocycles. The minimum Gasteiger partial charge on any atom is -0.330 e. The van der Waals surface area contributed by atoms with Gasteiger partial charge in [-0.3, -0.25) is 0 Å². The molecule has 0 amide bonds. The molecule has 1 saturated carbocycles. The SMILES string of the molecule is C=C(C)[C@@H]1CC[C@](C)(I)[C@@H](OP(=S)(S)S)C1. The summed E-state index contributed by atoms with van der Waals surface area (Å²) in [5.41, 5.74) is 1.24. The van der Waals surface area contributed by atoms with Crippen LogP contribution < -0.4 is 0 Å². The fourth-order valence-corrected chi connectivity index (χ4v) is 4.54. The van der Waals surface area contributed by atoms with E-state index in [4.69, 9.17) is 16.3 Å². The quantitative estimate of drug-likeness (QED) is 0.223. The van der Waals surface area contributed by atoms with Gasteiger partial charge in [0, 0.05) is 3.42 Å². The Bertz CT molecular complexity index is 326. The molecular formula is C10H18IOPS3. The Kier molecular flexibility index (Phi) is 5.77. The third-order valence-electron chi connectivity index (χ3n) is 3.11. The van der Waals surface area contributed by atoms with E-state index < -0.39 is 4.67 Å². The number of hydrogen-bond acceptors (Lipinski definition) is 2. The van der Waals surface area contributed by atoms with Crippen molar-refractivity contribution in [1.82, 2.24) is 0 Å². The molecule has 0 aromatic rings. The van der Waals surface area contributed by atoms with Gasteiger partial charge in [-0.25, -0.2) is 0 Å². The number of hydrogen-bond donors (Lipinski definition) is 2. The van der Waals surface area contributed by atoms with E-state index in [0.717, 1.165) is 12.8 Å². The van der Waals surface area contributed by atoms with Crippen molar-refractivity contribution in [3.8, 4) is 0 Å². The summed E-state index contributed by atoms with van der Waals surface area (Å²) in [5, 5.41) is 0. The molecule has 0 spiro atoms. The normalized spacial score (nSPS) is 36.1. The van der Waals surface area contributed by atoms with Crippen molar-refractivity contribution < 1.29 is 4.52 Å². The van der Waals surface area contributed by atoms with Gasteiger partial charge in [0.25, 0.3) is 0 Å². The first kappa shape index (κ1) is 15.8. The molecule has 1 fully saturated rings. The van der Waals surface area contributed by atoms with Crippen LogP contribution in [0.5, 0.6) is 0 Å². The predicted octanol–water partition coefficient (Wildman–Crippen LogP) is 5.03. The molecule has 0 unspecified atom stereocenters. The van der Waals surface area contributed by atoms with E-state index in [1.807, 2.05) is 0 Å². The zero-order chi connectivity index (χ0) is 12.6. The van der Waals surface area contributed by atoms with Crippen LogP contribution in [-0.2, 0) is 16.3 Å². The van der Waals surface area contributed by atoms with Crippen molar-refractivity contribution in [2.24, 2.45) is 5.92 Å². The molecule has 94 valence electrons. The Labute approximate surface area is 128 Å². The van der Waals surface area contributed by atoms with Crippen LogP contribution in [0.25, 0.3) is 0 Å². The highest BCUT2D eigenvalue weighted by atomic mass is 127. The summed E-state index contributed by atoms with van der Waals surface area (Å²) in [7, 11) is 0. The summed E-state index contributed by atoms with van der Waals surface area (Å²) in [5.74, 6) is 0.552. The van der Waals surface area contributed by atoms with E-state index in [1.165, 1.54) is 12.0 Å². The largest absolute Gasteiger partial charge is 0.330 e. The molecule has 3 atom stereocenters. The second-order valence-electron chi connectivity index (χ2n) is 4.68. The molecule has 0 aliphatic heterocycles. The Balaban J connectivity index is 2.76. The monoisotopic (exact) mass is 408 g/mol. The maximum absolute atomic E-state index is 5.88. The van der Waals surface area contributed by atoms with Crippen molar-refractivity contribution in [2.45, 2.75) is 42.6 Å². The molecule has 1 rings (SSSR count). The number of allylic oxidation sites excluding steroid dienone is 1. The van der Waals surface area contributed by atoms with E-state index in [0.29, 0.717) is 5.92 Å². The van der Waals surface area contributed by atoms with Gasteiger partial charge in [-0.2, -0.15) is 0 Å². The lowest BCUT2D eigenvalue weighted by atomic mass is 9.78. The van der Waals surface area contributed by atoms with Gasteiger partial charge in [-0.1, -0.05) is 34.7 Å². The molecule has 6 heteroatoms. The standard InChI is InChI=1S/C10H18IOPS3/c1-7(2)8-4-5-10(3,11)9(6-8)12-13(14,15)16/h8-9H,1,4-6H2,2-3H3,(H2,14,15,16)/t8-,9+,10+/m1/s1. The van der Waals surface area contributed by atoms with Crippen molar-refractivity contribution >= 4 is 63.6 Å².